The number of imide groups is 1. The van der Waals surface area contributed by atoms with Crippen LogP contribution in [0.4, 0.5) is 16.2 Å². The number of hydrogen-bond donors (Lipinski definition) is 2. The molecule has 10 heteroatoms. The van der Waals surface area contributed by atoms with Crippen LogP contribution in [0.5, 0.6) is 5.75 Å². The number of hydrogen-bond acceptors (Lipinski definition) is 5. The van der Waals surface area contributed by atoms with E-state index in [4.69, 9.17) is 16.3 Å². The summed E-state index contributed by atoms with van der Waals surface area (Å²) in [5.41, 5.74) is 2.49. The number of halogens is 1. The van der Waals surface area contributed by atoms with Gasteiger partial charge in [-0.25, -0.2) is 13.2 Å². The van der Waals surface area contributed by atoms with E-state index in [1.807, 2.05) is 26.8 Å². The van der Waals surface area contributed by atoms with Crippen LogP contribution in [0.15, 0.2) is 30.3 Å². The van der Waals surface area contributed by atoms with Crippen LogP contribution in [0.3, 0.4) is 0 Å². The monoisotopic (exact) mass is 503 g/mol. The molecule has 0 unspecified atom stereocenters. The molecule has 0 bridgehead atoms. The molecular weight excluding hydrogens is 478 g/mol. The quantitative estimate of drug-likeness (QED) is 0.616. The Labute approximate surface area is 204 Å². The van der Waals surface area contributed by atoms with Crippen LogP contribution in [0.2, 0.25) is 5.02 Å². The number of sulfonamides is 1. The fourth-order valence-electron chi connectivity index (χ4n) is 3.48. The van der Waals surface area contributed by atoms with Crippen LogP contribution in [-0.4, -0.2) is 40.3 Å². The molecule has 0 aromatic heterocycles. The van der Waals surface area contributed by atoms with Crippen molar-refractivity contribution in [1.29, 1.82) is 0 Å². The zero-order valence-electron chi connectivity index (χ0n) is 19.6. The van der Waals surface area contributed by atoms with Gasteiger partial charge >= 0.3 is 6.03 Å². The normalized spacial score (nSPS) is 14.2. The Hall–Kier alpha value is -3.22. The summed E-state index contributed by atoms with van der Waals surface area (Å²) in [6.07, 6.45) is 1.26. The number of ether oxygens (including phenoxy) is 1. The van der Waals surface area contributed by atoms with Gasteiger partial charge in [0.2, 0.25) is 15.9 Å². The zero-order chi connectivity index (χ0) is 25.3. The van der Waals surface area contributed by atoms with Crippen LogP contribution in [-0.2, 0) is 20.2 Å². The molecule has 1 aliphatic rings. The number of urea groups is 1. The summed E-state index contributed by atoms with van der Waals surface area (Å²) in [5.74, 6) is 6.35. The Morgan fingerprint density at radius 2 is 1.79 bits per heavy atom. The highest BCUT2D eigenvalue weighted by Gasteiger charge is 2.28. The summed E-state index contributed by atoms with van der Waals surface area (Å²) in [6.45, 7) is 6.33. The summed E-state index contributed by atoms with van der Waals surface area (Å²) in [4.78, 5) is 25.5. The van der Waals surface area contributed by atoms with Crippen molar-refractivity contribution in [1.82, 2.24) is 5.32 Å². The standard InChI is InChI=1S/C24H26ClN3O5S/c1-24(2,3)19-14-18(28-11-10-21(29)26-23(28)30)12-16(22(19)33-4)7-6-15-8-9-17(13-20(15)25)27-34(5,31)32/h8-9,12-14,27H,10-11H2,1-5H3,(H,26,29,30). The van der Waals surface area contributed by atoms with Gasteiger partial charge in [-0.1, -0.05) is 44.2 Å². The van der Waals surface area contributed by atoms with Gasteiger partial charge in [0.05, 0.1) is 29.6 Å². The van der Waals surface area contributed by atoms with Crippen molar-refractivity contribution >= 4 is 44.9 Å². The second-order valence-corrected chi connectivity index (χ2v) is 11.1. The Balaban J connectivity index is 2.09. The average molecular weight is 504 g/mol. The van der Waals surface area contributed by atoms with Crippen LogP contribution in [0.25, 0.3) is 0 Å². The largest absolute Gasteiger partial charge is 0.495 e. The Kier molecular flexibility index (Phi) is 7.15. The third-order valence-corrected chi connectivity index (χ3v) is 5.97. The van der Waals surface area contributed by atoms with Crippen molar-refractivity contribution in [2.75, 3.05) is 29.5 Å². The lowest BCUT2D eigenvalue weighted by atomic mass is 9.84. The van der Waals surface area contributed by atoms with E-state index >= 15 is 0 Å². The first-order valence-electron chi connectivity index (χ1n) is 10.4. The van der Waals surface area contributed by atoms with E-state index in [2.05, 4.69) is 21.9 Å². The minimum atomic E-state index is -3.43. The molecule has 34 heavy (non-hydrogen) atoms. The number of methoxy groups -OCH3 is 1. The van der Waals surface area contributed by atoms with Crippen molar-refractivity contribution in [3.8, 4) is 17.6 Å². The molecule has 2 aromatic carbocycles. The van der Waals surface area contributed by atoms with Gasteiger partial charge in [-0.3, -0.25) is 19.7 Å². The Bertz CT molecular complexity index is 1320. The minimum Gasteiger partial charge on any atom is -0.495 e. The van der Waals surface area contributed by atoms with Crippen molar-refractivity contribution in [2.24, 2.45) is 0 Å². The highest BCUT2D eigenvalue weighted by molar-refractivity contribution is 7.92. The molecule has 0 atom stereocenters. The average Bonchev–Trinajstić information content (AvgIpc) is 2.70. The number of benzene rings is 2. The first-order chi connectivity index (χ1) is 15.8. The molecule has 1 fully saturated rings. The first-order valence-corrected chi connectivity index (χ1v) is 12.7. The van der Waals surface area contributed by atoms with E-state index in [9.17, 15) is 18.0 Å². The predicted molar refractivity (Wildman–Crippen MR) is 133 cm³/mol. The molecule has 0 radical (unpaired) electrons. The Morgan fingerprint density at radius 1 is 1.12 bits per heavy atom. The topological polar surface area (TPSA) is 105 Å². The molecule has 3 rings (SSSR count). The van der Waals surface area contributed by atoms with Crippen LogP contribution < -0.4 is 19.7 Å². The van der Waals surface area contributed by atoms with E-state index in [-0.39, 0.29) is 29.3 Å². The van der Waals surface area contributed by atoms with Gasteiger partial charge in [-0.15, -0.1) is 0 Å². The van der Waals surface area contributed by atoms with E-state index in [0.29, 0.717) is 28.3 Å². The maximum absolute atomic E-state index is 12.4. The SMILES string of the molecule is COc1c(C#Cc2ccc(NS(C)(=O)=O)cc2Cl)cc(N2CCC(=O)NC2=O)cc1C(C)(C)C. The zero-order valence-corrected chi connectivity index (χ0v) is 21.1. The number of nitrogens with zero attached hydrogens (tertiary/aromatic N) is 1. The van der Waals surface area contributed by atoms with Gasteiger partial charge in [-0.05, 0) is 35.7 Å². The number of carbonyl (C=O) groups excluding carboxylic acids is 2. The van der Waals surface area contributed by atoms with Crippen molar-refractivity contribution in [3.05, 3.63) is 52.0 Å². The fraction of sp³-hybridized carbons (Fsp3) is 0.333. The lowest BCUT2D eigenvalue weighted by Crippen LogP contribution is -2.49. The van der Waals surface area contributed by atoms with E-state index in [0.717, 1.165) is 11.8 Å². The smallest absolute Gasteiger partial charge is 0.328 e. The molecule has 0 spiro atoms. The molecule has 8 nitrogen and oxygen atoms in total. The molecule has 1 heterocycles. The van der Waals surface area contributed by atoms with Crippen molar-refractivity contribution in [3.63, 3.8) is 0 Å². The molecular formula is C24H26ClN3O5S. The van der Waals surface area contributed by atoms with Crippen LogP contribution >= 0.6 is 11.6 Å². The first kappa shape index (κ1) is 25.4. The maximum Gasteiger partial charge on any atom is 0.328 e. The van der Waals surface area contributed by atoms with Gasteiger partial charge in [0.15, 0.2) is 0 Å². The fourth-order valence-corrected chi connectivity index (χ4v) is 4.26. The highest BCUT2D eigenvalue weighted by Crippen LogP contribution is 2.38. The third-order valence-electron chi connectivity index (χ3n) is 5.06. The van der Waals surface area contributed by atoms with Crippen LogP contribution in [0, 0.1) is 11.8 Å². The Morgan fingerprint density at radius 3 is 2.35 bits per heavy atom. The van der Waals surface area contributed by atoms with Crippen molar-refractivity contribution in [2.45, 2.75) is 32.6 Å². The summed E-state index contributed by atoms with van der Waals surface area (Å²) in [5, 5.41) is 2.61. The summed E-state index contributed by atoms with van der Waals surface area (Å²) in [7, 11) is -1.88. The number of nitrogens with one attached hydrogen (secondary N) is 2. The molecule has 2 N–H and O–H groups in total. The number of amides is 3. The second kappa shape index (κ2) is 9.57. The van der Waals surface area contributed by atoms with E-state index in [1.165, 1.54) is 11.0 Å². The lowest BCUT2D eigenvalue weighted by Gasteiger charge is -2.30. The third kappa shape index (κ3) is 6.01. The van der Waals surface area contributed by atoms with E-state index < -0.39 is 16.1 Å². The van der Waals surface area contributed by atoms with Crippen LogP contribution in [0.1, 0.15) is 43.9 Å². The minimum absolute atomic E-state index is 0.201. The van der Waals surface area contributed by atoms with Gasteiger partial charge < -0.3 is 4.74 Å². The second-order valence-electron chi connectivity index (χ2n) is 8.90. The number of rotatable bonds is 4. The maximum atomic E-state index is 12.4. The molecule has 1 saturated heterocycles. The number of carbonyl (C=O) groups is 2. The number of anilines is 2. The predicted octanol–water partition coefficient (Wildman–Crippen LogP) is 3.86. The molecule has 1 aliphatic heterocycles. The molecule has 3 amide bonds. The van der Waals surface area contributed by atoms with Gasteiger partial charge in [-0.2, -0.15) is 0 Å². The molecule has 0 saturated carbocycles. The highest BCUT2D eigenvalue weighted by atomic mass is 35.5. The van der Waals surface area contributed by atoms with Crippen molar-refractivity contribution < 1.29 is 22.7 Å². The summed E-state index contributed by atoms with van der Waals surface area (Å²) < 4.78 is 31.0. The molecule has 0 aliphatic carbocycles. The van der Waals surface area contributed by atoms with Gasteiger partial charge in [0.1, 0.15) is 5.75 Å². The molecule has 2 aromatic rings. The molecule has 180 valence electrons. The van der Waals surface area contributed by atoms with Gasteiger partial charge in [0, 0.05) is 29.8 Å². The summed E-state index contributed by atoms with van der Waals surface area (Å²) >= 11 is 6.33. The van der Waals surface area contributed by atoms with Gasteiger partial charge in [0.25, 0.3) is 0 Å². The summed E-state index contributed by atoms with van der Waals surface area (Å²) in [6, 6.07) is 7.79. The van der Waals surface area contributed by atoms with E-state index in [1.54, 1.807) is 25.3 Å². The lowest BCUT2D eigenvalue weighted by molar-refractivity contribution is -0.120.